The van der Waals surface area contributed by atoms with E-state index >= 15 is 0 Å². The number of carbonyl (C=O) groups excluding carboxylic acids is 2. The molecule has 1 saturated heterocycles. The fraction of sp³-hybridized carbons (Fsp3) is 0.556. The summed E-state index contributed by atoms with van der Waals surface area (Å²) in [5.41, 5.74) is 2.69. The third-order valence-electron chi connectivity index (χ3n) is 4.44. The number of amides is 2. The first-order valence-corrected chi connectivity index (χ1v) is 8.08. The van der Waals surface area contributed by atoms with E-state index in [1.165, 1.54) is 0 Å². The molecule has 5 nitrogen and oxygen atoms in total. The second-order valence-corrected chi connectivity index (χ2v) is 6.36. The minimum atomic E-state index is 0.0373. The fourth-order valence-electron chi connectivity index (χ4n) is 2.95. The Bertz CT molecular complexity index is 603. The molecule has 0 atom stereocenters. The number of methoxy groups -OCH3 is 1. The predicted octanol–water partition coefficient (Wildman–Crippen LogP) is 2.43. The van der Waals surface area contributed by atoms with E-state index in [4.69, 9.17) is 4.74 Å². The van der Waals surface area contributed by atoms with Gasteiger partial charge in [0.1, 0.15) is 5.75 Å². The summed E-state index contributed by atoms with van der Waals surface area (Å²) >= 11 is 0. The molecule has 0 radical (unpaired) electrons. The van der Waals surface area contributed by atoms with E-state index in [0.29, 0.717) is 26.2 Å². The van der Waals surface area contributed by atoms with Gasteiger partial charge in [-0.25, -0.2) is 0 Å². The molecule has 126 valence electrons. The van der Waals surface area contributed by atoms with Crippen molar-refractivity contribution in [2.24, 2.45) is 0 Å². The first kappa shape index (κ1) is 17.3. The number of carbonyl (C=O) groups is 2. The molecule has 1 aliphatic rings. The molecule has 0 unspecified atom stereocenters. The largest absolute Gasteiger partial charge is 0.496 e. The minimum absolute atomic E-state index is 0.0373. The second-order valence-electron chi connectivity index (χ2n) is 6.36. The number of rotatable bonds is 3. The Morgan fingerprint density at radius 3 is 2.13 bits per heavy atom. The number of hydrogen-bond donors (Lipinski definition) is 0. The van der Waals surface area contributed by atoms with Gasteiger partial charge >= 0.3 is 0 Å². The number of nitrogens with zero attached hydrogens (tertiary/aromatic N) is 2. The molecule has 0 aliphatic carbocycles. The zero-order valence-corrected chi connectivity index (χ0v) is 14.7. The average molecular weight is 318 g/mol. The van der Waals surface area contributed by atoms with Gasteiger partial charge in [0.25, 0.3) is 5.91 Å². The maximum Gasteiger partial charge on any atom is 0.254 e. The van der Waals surface area contributed by atoms with Gasteiger partial charge in [0.05, 0.1) is 7.11 Å². The highest BCUT2D eigenvalue weighted by molar-refractivity contribution is 5.96. The zero-order chi connectivity index (χ0) is 17.1. The summed E-state index contributed by atoms with van der Waals surface area (Å²) in [5.74, 6) is 1.22. The SMILES string of the molecule is COc1cc(C)c(C(=O)N2CCN(C(C)=O)CC2)cc1C(C)C. The number of benzene rings is 1. The molecule has 0 spiro atoms. The van der Waals surface area contributed by atoms with Crippen LogP contribution < -0.4 is 4.74 Å². The van der Waals surface area contributed by atoms with Crippen molar-refractivity contribution >= 4 is 11.8 Å². The summed E-state index contributed by atoms with van der Waals surface area (Å²) in [7, 11) is 1.66. The average Bonchev–Trinajstić information content (AvgIpc) is 2.53. The summed E-state index contributed by atoms with van der Waals surface area (Å²) in [6.45, 7) is 10.1. The van der Waals surface area contributed by atoms with Gasteiger partial charge in [0.15, 0.2) is 0 Å². The van der Waals surface area contributed by atoms with Crippen molar-refractivity contribution in [3.63, 3.8) is 0 Å². The van der Waals surface area contributed by atoms with Crippen LogP contribution in [0.1, 0.15) is 48.2 Å². The quantitative estimate of drug-likeness (QED) is 0.860. The maximum absolute atomic E-state index is 12.9. The first-order valence-electron chi connectivity index (χ1n) is 8.08. The van der Waals surface area contributed by atoms with Crippen molar-refractivity contribution in [3.05, 3.63) is 28.8 Å². The normalized spacial score (nSPS) is 15.0. The summed E-state index contributed by atoms with van der Waals surface area (Å²) in [4.78, 5) is 27.9. The van der Waals surface area contributed by atoms with E-state index in [2.05, 4.69) is 13.8 Å². The van der Waals surface area contributed by atoms with Crippen LogP contribution in [0.25, 0.3) is 0 Å². The fourth-order valence-corrected chi connectivity index (χ4v) is 2.95. The van der Waals surface area contributed by atoms with Gasteiger partial charge in [-0.15, -0.1) is 0 Å². The van der Waals surface area contributed by atoms with Crippen LogP contribution >= 0.6 is 0 Å². The Hall–Kier alpha value is -2.04. The van der Waals surface area contributed by atoms with Crippen molar-refractivity contribution in [2.75, 3.05) is 33.3 Å². The molecule has 0 aromatic heterocycles. The van der Waals surface area contributed by atoms with Crippen LogP contribution in [0.15, 0.2) is 12.1 Å². The Morgan fingerprint density at radius 1 is 1.09 bits per heavy atom. The van der Waals surface area contributed by atoms with Crippen LogP contribution in [-0.4, -0.2) is 54.9 Å². The summed E-state index contributed by atoms with van der Waals surface area (Å²) < 4.78 is 5.44. The van der Waals surface area contributed by atoms with E-state index in [1.54, 1.807) is 18.9 Å². The third-order valence-corrected chi connectivity index (χ3v) is 4.44. The van der Waals surface area contributed by atoms with Crippen molar-refractivity contribution in [3.8, 4) is 5.75 Å². The molecule has 5 heteroatoms. The Labute approximate surface area is 138 Å². The van der Waals surface area contributed by atoms with Gasteiger partial charge in [-0.2, -0.15) is 0 Å². The summed E-state index contributed by atoms with van der Waals surface area (Å²) in [6, 6.07) is 3.90. The lowest BCUT2D eigenvalue weighted by Crippen LogP contribution is -2.50. The highest BCUT2D eigenvalue weighted by atomic mass is 16.5. The molecule has 0 bridgehead atoms. The van der Waals surface area contributed by atoms with Crippen LogP contribution in [0.4, 0.5) is 0 Å². The van der Waals surface area contributed by atoms with E-state index < -0.39 is 0 Å². The van der Waals surface area contributed by atoms with Gasteiger partial charge in [-0.05, 0) is 36.1 Å². The monoisotopic (exact) mass is 318 g/mol. The lowest BCUT2D eigenvalue weighted by atomic mass is 9.95. The first-order chi connectivity index (χ1) is 10.8. The molecule has 0 saturated carbocycles. The van der Waals surface area contributed by atoms with E-state index in [1.807, 2.05) is 24.0 Å². The molecule has 1 fully saturated rings. The predicted molar refractivity (Wildman–Crippen MR) is 90.0 cm³/mol. The molecule has 1 aliphatic heterocycles. The maximum atomic E-state index is 12.9. The highest BCUT2D eigenvalue weighted by Crippen LogP contribution is 2.30. The molecule has 1 aromatic carbocycles. The van der Waals surface area contributed by atoms with Gasteiger partial charge < -0.3 is 14.5 Å². The highest BCUT2D eigenvalue weighted by Gasteiger charge is 2.25. The van der Waals surface area contributed by atoms with Crippen LogP contribution in [0, 0.1) is 6.92 Å². The van der Waals surface area contributed by atoms with Crippen molar-refractivity contribution in [2.45, 2.75) is 33.6 Å². The van der Waals surface area contributed by atoms with Crippen molar-refractivity contribution in [1.29, 1.82) is 0 Å². The smallest absolute Gasteiger partial charge is 0.254 e. The van der Waals surface area contributed by atoms with E-state index in [-0.39, 0.29) is 17.7 Å². The zero-order valence-electron chi connectivity index (χ0n) is 14.7. The van der Waals surface area contributed by atoms with E-state index in [0.717, 1.165) is 22.4 Å². The lowest BCUT2D eigenvalue weighted by molar-refractivity contribution is -0.130. The van der Waals surface area contributed by atoms with Crippen LogP contribution in [0.5, 0.6) is 5.75 Å². The third kappa shape index (κ3) is 3.66. The number of hydrogen-bond acceptors (Lipinski definition) is 3. The Morgan fingerprint density at radius 2 is 1.65 bits per heavy atom. The summed E-state index contributed by atoms with van der Waals surface area (Å²) in [5, 5.41) is 0. The molecular weight excluding hydrogens is 292 g/mol. The lowest BCUT2D eigenvalue weighted by Gasteiger charge is -2.34. The second kappa shape index (κ2) is 7.02. The molecule has 23 heavy (non-hydrogen) atoms. The van der Waals surface area contributed by atoms with Gasteiger partial charge in [0, 0.05) is 38.7 Å². The Kier molecular flexibility index (Phi) is 5.29. The molecule has 1 heterocycles. The van der Waals surface area contributed by atoms with Crippen LogP contribution in [-0.2, 0) is 4.79 Å². The minimum Gasteiger partial charge on any atom is -0.496 e. The van der Waals surface area contributed by atoms with Crippen molar-refractivity contribution in [1.82, 2.24) is 9.80 Å². The number of ether oxygens (including phenoxy) is 1. The van der Waals surface area contributed by atoms with Gasteiger partial charge in [0.2, 0.25) is 5.91 Å². The van der Waals surface area contributed by atoms with Gasteiger partial charge in [-0.1, -0.05) is 13.8 Å². The molecular formula is C18H26N2O3. The topological polar surface area (TPSA) is 49.9 Å². The van der Waals surface area contributed by atoms with Crippen LogP contribution in [0.2, 0.25) is 0 Å². The standard InChI is InChI=1S/C18H26N2O3/c1-12(2)15-11-16(13(3)10-17(15)23-5)18(22)20-8-6-19(7-9-20)14(4)21/h10-12H,6-9H2,1-5H3. The molecule has 2 rings (SSSR count). The molecule has 1 aromatic rings. The molecule has 0 N–H and O–H groups in total. The molecule has 2 amide bonds. The number of aryl methyl sites for hydroxylation is 1. The van der Waals surface area contributed by atoms with Crippen LogP contribution in [0.3, 0.4) is 0 Å². The summed E-state index contributed by atoms with van der Waals surface area (Å²) in [6.07, 6.45) is 0. The van der Waals surface area contributed by atoms with Crippen molar-refractivity contribution < 1.29 is 14.3 Å². The van der Waals surface area contributed by atoms with Gasteiger partial charge in [-0.3, -0.25) is 9.59 Å². The Balaban J connectivity index is 2.23. The number of piperazine rings is 1. The van der Waals surface area contributed by atoms with E-state index in [9.17, 15) is 9.59 Å².